The average molecular weight is 643 g/mol. The van der Waals surface area contributed by atoms with Gasteiger partial charge in [-0.1, -0.05) is 157 Å². The summed E-state index contributed by atoms with van der Waals surface area (Å²) in [4.78, 5) is 14.0. The van der Waals surface area contributed by atoms with E-state index in [2.05, 4.69) is 9.97 Å². The van der Waals surface area contributed by atoms with E-state index in [9.17, 15) is 9.60 Å². The number of hydrogen-bond acceptors (Lipinski definition) is 3. The van der Waals surface area contributed by atoms with Crippen LogP contribution in [0.25, 0.3) is 83.9 Å². The molecule has 230 valence electrons. The van der Waals surface area contributed by atoms with Crippen LogP contribution in [0.2, 0.25) is 0 Å². The van der Waals surface area contributed by atoms with E-state index >= 15 is 0 Å². The summed E-state index contributed by atoms with van der Waals surface area (Å²) in [5, 5.41) is -0.770. The van der Waals surface area contributed by atoms with Gasteiger partial charge >= 0.3 is 0 Å². The highest BCUT2D eigenvalue weighted by atomic mass is 15.0. The zero-order valence-corrected chi connectivity index (χ0v) is 25.4. The molecule has 9 aromatic rings. The van der Waals surface area contributed by atoms with Crippen LogP contribution in [0.3, 0.4) is 0 Å². The fourth-order valence-corrected chi connectivity index (χ4v) is 5.54. The third-order valence-corrected chi connectivity index (χ3v) is 7.88. The smallest absolute Gasteiger partial charge is 0.164 e. The summed E-state index contributed by atoms with van der Waals surface area (Å²) in [5.41, 5.74) is -0.0852. The van der Waals surface area contributed by atoms with E-state index < -0.39 is 130 Å². The fourth-order valence-electron chi connectivity index (χ4n) is 5.54. The largest absolute Gasteiger partial charge is 0.309 e. The van der Waals surface area contributed by atoms with Crippen LogP contribution >= 0.6 is 0 Å². The molecule has 0 saturated carbocycles. The topological polar surface area (TPSA) is 43.6 Å². The van der Waals surface area contributed by atoms with E-state index in [0.29, 0.717) is 11.1 Å². The number of hydrogen-bond donors (Lipinski definition) is 0. The van der Waals surface area contributed by atoms with Crippen molar-refractivity contribution in [3.8, 4) is 62.1 Å². The molecule has 0 atom stereocenters. The summed E-state index contributed by atoms with van der Waals surface area (Å²) in [7, 11) is 0. The van der Waals surface area contributed by atoms with Crippen molar-refractivity contribution in [2.45, 2.75) is 0 Å². The lowest BCUT2D eigenvalue weighted by Crippen LogP contribution is -2.00. The minimum absolute atomic E-state index is 0.162. The second-order valence-electron chi connectivity index (χ2n) is 10.9. The lowest BCUT2D eigenvalue weighted by atomic mass is 10.0. The van der Waals surface area contributed by atoms with Crippen molar-refractivity contribution >= 4 is 21.8 Å². The van der Waals surface area contributed by atoms with Crippen molar-refractivity contribution < 1.29 is 21.9 Å². The van der Waals surface area contributed by atoms with E-state index in [-0.39, 0.29) is 28.4 Å². The Morgan fingerprint density at radius 2 is 0.857 bits per heavy atom. The normalized spacial score (nSPS) is 15.8. The molecule has 49 heavy (non-hydrogen) atoms. The predicted octanol–water partition coefficient (Wildman–Crippen LogP) is 11.3. The molecule has 0 aliphatic carbocycles. The number of para-hydroxylation sites is 2. The Balaban J connectivity index is 1.33. The minimum atomic E-state index is -0.808. The molecule has 4 heteroatoms. The summed E-state index contributed by atoms with van der Waals surface area (Å²) in [6, 6.07) is 13.9. The first-order valence-electron chi connectivity index (χ1n) is 23.2. The predicted molar refractivity (Wildman–Crippen MR) is 201 cm³/mol. The average Bonchev–Trinajstić information content (AvgIpc) is 3.68. The lowest BCUT2D eigenvalue weighted by Gasteiger charge is -2.10. The van der Waals surface area contributed by atoms with Crippen molar-refractivity contribution in [3.63, 3.8) is 0 Å². The van der Waals surface area contributed by atoms with Gasteiger partial charge in [0.1, 0.15) is 0 Å². The number of benzene rings is 7. The van der Waals surface area contributed by atoms with Crippen LogP contribution in [0.1, 0.15) is 21.9 Å². The first kappa shape index (κ1) is 16.4. The Bertz CT molecular complexity index is 3430. The first-order valence-corrected chi connectivity index (χ1v) is 15.2. The van der Waals surface area contributed by atoms with E-state index in [1.165, 1.54) is 0 Å². The maximum Gasteiger partial charge on any atom is 0.164 e. The Morgan fingerprint density at radius 1 is 0.367 bits per heavy atom. The SMILES string of the molecule is [2H]c1c([2H])c([2H])c(-n2c3c([2H])c([2H])c([2H])c([2H])c3c3c([2H])c([2H])c(-c4c([2H])c([2H])c(-c5nc(-c6ccccc6)nc(-c6ccc(-c7ccccc7)cc6)n5)c([2H])c4[2H])c([2H])c32)c([2H])c1[2H]. The van der Waals surface area contributed by atoms with Crippen LogP contribution in [0.4, 0.5) is 0 Å². The molecule has 0 fully saturated rings. The molecule has 2 aromatic heterocycles. The quantitative estimate of drug-likeness (QED) is 0.181. The van der Waals surface area contributed by atoms with E-state index in [4.69, 9.17) is 17.3 Å². The van der Waals surface area contributed by atoms with Gasteiger partial charge in [-0.15, -0.1) is 0 Å². The number of fused-ring (bicyclic) bond motifs is 3. The zero-order valence-electron chi connectivity index (χ0n) is 41.4. The molecular formula is C45H30N4. The maximum atomic E-state index is 9.63. The first-order chi connectivity index (χ1) is 31.0. The van der Waals surface area contributed by atoms with Gasteiger partial charge in [0.25, 0.3) is 0 Å². The Labute approximate surface area is 307 Å². The highest BCUT2D eigenvalue weighted by Crippen LogP contribution is 2.35. The summed E-state index contributed by atoms with van der Waals surface area (Å²) in [6.07, 6.45) is 0. The van der Waals surface area contributed by atoms with Crippen LogP contribution in [0.15, 0.2) is 182 Å². The van der Waals surface area contributed by atoms with E-state index in [0.717, 1.165) is 15.7 Å². The van der Waals surface area contributed by atoms with Gasteiger partial charge in [-0.3, -0.25) is 0 Å². The van der Waals surface area contributed by atoms with Crippen molar-refractivity contribution in [2.24, 2.45) is 0 Å². The minimum Gasteiger partial charge on any atom is -0.309 e. The highest BCUT2D eigenvalue weighted by molar-refractivity contribution is 6.10. The summed E-state index contributed by atoms with van der Waals surface area (Å²) < 4.78 is 144. The number of aromatic nitrogens is 4. The molecule has 9 rings (SSSR count). The zero-order chi connectivity index (χ0) is 46.5. The highest BCUT2D eigenvalue weighted by Gasteiger charge is 2.15. The molecule has 4 nitrogen and oxygen atoms in total. The Morgan fingerprint density at radius 3 is 1.55 bits per heavy atom. The molecule has 0 spiro atoms. The standard InChI is InChI=1S/C45H30N4/c1-4-12-31(13-5-1)32-20-24-35(25-21-32)44-46-43(34-14-6-2-7-15-34)47-45(48-44)36-26-22-33(23-27-36)37-28-29-40-39-18-10-11-19-41(39)49(42(40)30-37)38-16-8-3-9-17-38/h1-30H/i3D,8D,9D,10D,11D,16D,17D,18D,19D,22D,23D,26D,27D,28D,29D,30D. The Hall–Kier alpha value is -6.65. The molecule has 7 aromatic carbocycles. The second-order valence-corrected chi connectivity index (χ2v) is 10.9. The molecule has 0 aliphatic rings. The van der Waals surface area contributed by atoms with Crippen molar-refractivity contribution in [3.05, 3.63) is 182 Å². The lowest BCUT2D eigenvalue weighted by molar-refractivity contribution is 1.07. The van der Waals surface area contributed by atoms with Crippen molar-refractivity contribution in [2.75, 3.05) is 0 Å². The molecule has 0 bridgehead atoms. The third-order valence-electron chi connectivity index (χ3n) is 7.88. The third kappa shape index (κ3) is 5.35. The molecule has 2 heterocycles. The van der Waals surface area contributed by atoms with E-state index in [1.807, 2.05) is 42.5 Å². The molecule has 0 radical (unpaired) electrons. The van der Waals surface area contributed by atoms with Crippen LogP contribution < -0.4 is 0 Å². The van der Waals surface area contributed by atoms with Gasteiger partial charge in [-0.25, -0.2) is 15.0 Å². The van der Waals surface area contributed by atoms with Gasteiger partial charge in [-0.2, -0.15) is 0 Å². The fraction of sp³-hybridized carbons (Fsp3) is 0. The van der Waals surface area contributed by atoms with Gasteiger partial charge in [0, 0.05) is 33.2 Å². The van der Waals surface area contributed by atoms with Crippen molar-refractivity contribution in [1.82, 2.24) is 19.5 Å². The van der Waals surface area contributed by atoms with Gasteiger partial charge in [0.2, 0.25) is 0 Å². The van der Waals surface area contributed by atoms with Crippen LogP contribution in [-0.2, 0) is 0 Å². The van der Waals surface area contributed by atoms with Crippen LogP contribution in [0, 0.1) is 0 Å². The van der Waals surface area contributed by atoms with Gasteiger partial charge in [-0.05, 0) is 46.4 Å². The molecule has 0 aliphatic heterocycles. The van der Waals surface area contributed by atoms with Crippen LogP contribution in [0.5, 0.6) is 0 Å². The summed E-state index contributed by atoms with van der Waals surface area (Å²) >= 11 is 0. The van der Waals surface area contributed by atoms with Gasteiger partial charge < -0.3 is 4.57 Å². The Kier molecular flexibility index (Phi) is 4.09. The number of rotatable bonds is 6. The van der Waals surface area contributed by atoms with Crippen molar-refractivity contribution in [1.29, 1.82) is 0 Å². The summed E-state index contributed by atoms with van der Waals surface area (Å²) in [5.74, 6) is 0.109. The van der Waals surface area contributed by atoms with E-state index in [1.54, 1.807) is 42.5 Å². The second kappa shape index (κ2) is 12.2. The van der Waals surface area contributed by atoms with Gasteiger partial charge in [0.05, 0.1) is 33.0 Å². The molecule has 0 saturated heterocycles. The molecule has 0 N–H and O–H groups in total. The maximum absolute atomic E-state index is 9.63. The summed E-state index contributed by atoms with van der Waals surface area (Å²) in [6.45, 7) is 0. The monoisotopic (exact) mass is 642 g/mol. The molecule has 0 amide bonds. The van der Waals surface area contributed by atoms with Gasteiger partial charge in [0.15, 0.2) is 17.5 Å². The number of nitrogens with zero attached hydrogens (tertiary/aromatic N) is 4. The molecular weight excluding hydrogens is 597 g/mol. The van der Waals surface area contributed by atoms with Crippen LogP contribution in [-0.4, -0.2) is 19.5 Å². The molecule has 0 unspecified atom stereocenters.